The quantitative estimate of drug-likeness (QED) is 0.660. The number of fused-ring (bicyclic) bond motifs is 2. The summed E-state index contributed by atoms with van der Waals surface area (Å²) in [6, 6.07) is 1.66. The normalized spacial score (nSPS) is 35.3. The Morgan fingerprint density at radius 2 is 1.69 bits per heavy atom. The highest BCUT2D eigenvalue weighted by Gasteiger charge is 2.37. The van der Waals surface area contributed by atoms with Crippen LogP contribution in [0.3, 0.4) is 0 Å². The molecule has 0 spiro atoms. The number of hydrogen-bond donors (Lipinski definition) is 1. The molecule has 0 aromatic rings. The lowest BCUT2D eigenvalue weighted by Crippen LogP contribution is -2.53. The third-order valence-corrected chi connectivity index (χ3v) is 3.19. The molecule has 0 aromatic heterocycles. The molecule has 2 heterocycles. The average molecular weight is 182 g/mol. The van der Waals surface area contributed by atoms with Gasteiger partial charge in [0, 0.05) is 31.7 Å². The average Bonchev–Trinajstić information content (AvgIpc) is 2.29. The van der Waals surface area contributed by atoms with Gasteiger partial charge in [0.05, 0.1) is 0 Å². The van der Waals surface area contributed by atoms with Gasteiger partial charge in [0.15, 0.2) is 0 Å². The molecule has 0 aliphatic carbocycles. The van der Waals surface area contributed by atoms with Crippen molar-refractivity contribution in [3.63, 3.8) is 0 Å². The van der Waals surface area contributed by atoms with Gasteiger partial charge >= 0.3 is 0 Å². The highest BCUT2D eigenvalue weighted by Crippen LogP contribution is 2.30. The molecule has 2 aliphatic heterocycles. The lowest BCUT2D eigenvalue weighted by atomic mass is 9.95. The van der Waals surface area contributed by atoms with Crippen molar-refractivity contribution in [2.24, 2.45) is 5.41 Å². The Morgan fingerprint density at radius 1 is 1.15 bits per heavy atom. The van der Waals surface area contributed by atoms with Gasteiger partial charge in [-0.3, -0.25) is 4.90 Å². The standard InChI is InChI=1S/C11H22N2/c1-11(2,3)8-13-9-4-5-10(13)7-12-6-9/h9-10,12H,4-8H2,1-3H3. The first-order valence-corrected chi connectivity index (χ1v) is 5.53. The smallest absolute Gasteiger partial charge is 0.0224 e. The summed E-state index contributed by atoms with van der Waals surface area (Å²) in [6.07, 6.45) is 2.82. The molecule has 2 fully saturated rings. The molecule has 2 unspecified atom stereocenters. The van der Waals surface area contributed by atoms with Crippen LogP contribution in [-0.4, -0.2) is 36.6 Å². The van der Waals surface area contributed by atoms with Gasteiger partial charge < -0.3 is 5.32 Å². The van der Waals surface area contributed by atoms with E-state index < -0.39 is 0 Å². The molecule has 0 amide bonds. The largest absolute Gasteiger partial charge is 0.314 e. The molecule has 0 aromatic carbocycles. The number of piperazine rings is 1. The van der Waals surface area contributed by atoms with Crippen LogP contribution in [0.5, 0.6) is 0 Å². The van der Waals surface area contributed by atoms with E-state index in [9.17, 15) is 0 Å². The zero-order valence-electron chi connectivity index (χ0n) is 9.14. The van der Waals surface area contributed by atoms with Gasteiger partial charge in [0.2, 0.25) is 0 Å². The summed E-state index contributed by atoms with van der Waals surface area (Å²) in [6.45, 7) is 10.7. The topological polar surface area (TPSA) is 15.3 Å². The van der Waals surface area contributed by atoms with E-state index in [0.29, 0.717) is 5.41 Å². The molecular weight excluding hydrogens is 160 g/mol. The fourth-order valence-electron chi connectivity index (χ4n) is 2.68. The molecule has 0 radical (unpaired) electrons. The molecule has 2 nitrogen and oxygen atoms in total. The van der Waals surface area contributed by atoms with Crippen LogP contribution in [0.4, 0.5) is 0 Å². The zero-order valence-corrected chi connectivity index (χ0v) is 9.14. The lowest BCUT2D eigenvalue weighted by molar-refractivity contribution is 0.107. The van der Waals surface area contributed by atoms with E-state index in [1.807, 2.05) is 0 Å². The van der Waals surface area contributed by atoms with Crippen molar-refractivity contribution in [2.45, 2.75) is 45.7 Å². The number of nitrogens with zero attached hydrogens (tertiary/aromatic N) is 1. The van der Waals surface area contributed by atoms with Gasteiger partial charge in [0.1, 0.15) is 0 Å². The molecule has 2 rings (SSSR count). The van der Waals surface area contributed by atoms with Crippen molar-refractivity contribution in [2.75, 3.05) is 19.6 Å². The highest BCUT2D eigenvalue weighted by molar-refractivity contribution is 4.95. The SMILES string of the molecule is CC(C)(C)CN1C2CCC1CNC2. The second kappa shape index (κ2) is 3.25. The van der Waals surface area contributed by atoms with Crippen molar-refractivity contribution >= 4 is 0 Å². The number of hydrogen-bond acceptors (Lipinski definition) is 2. The minimum atomic E-state index is 0.457. The van der Waals surface area contributed by atoms with Crippen LogP contribution in [0.15, 0.2) is 0 Å². The predicted octanol–water partition coefficient (Wildman–Crippen LogP) is 1.47. The van der Waals surface area contributed by atoms with E-state index in [1.54, 1.807) is 0 Å². The van der Waals surface area contributed by atoms with Crippen LogP contribution in [0.2, 0.25) is 0 Å². The fourth-order valence-corrected chi connectivity index (χ4v) is 2.68. The van der Waals surface area contributed by atoms with Gasteiger partial charge in [-0.15, -0.1) is 0 Å². The fraction of sp³-hybridized carbons (Fsp3) is 1.00. The molecule has 2 saturated heterocycles. The van der Waals surface area contributed by atoms with E-state index in [0.717, 1.165) is 12.1 Å². The summed E-state index contributed by atoms with van der Waals surface area (Å²) in [5.74, 6) is 0. The first-order chi connectivity index (χ1) is 6.06. The molecular formula is C11H22N2. The molecule has 0 saturated carbocycles. The van der Waals surface area contributed by atoms with Gasteiger partial charge in [-0.25, -0.2) is 0 Å². The molecule has 2 heteroatoms. The van der Waals surface area contributed by atoms with Crippen molar-refractivity contribution in [1.82, 2.24) is 10.2 Å². The van der Waals surface area contributed by atoms with E-state index in [1.165, 1.54) is 32.5 Å². The lowest BCUT2D eigenvalue weighted by Gasteiger charge is -2.39. The van der Waals surface area contributed by atoms with Crippen LogP contribution < -0.4 is 5.32 Å². The maximum atomic E-state index is 3.52. The number of rotatable bonds is 1. The first kappa shape index (κ1) is 9.47. The molecule has 13 heavy (non-hydrogen) atoms. The monoisotopic (exact) mass is 182 g/mol. The van der Waals surface area contributed by atoms with E-state index in [4.69, 9.17) is 0 Å². The van der Waals surface area contributed by atoms with Crippen LogP contribution in [0.1, 0.15) is 33.6 Å². The van der Waals surface area contributed by atoms with Crippen LogP contribution in [0.25, 0.3) is 0 Å². The highest BCUT2D eigenvalue weighted by atomic mass is 15.3. The zero-order chi connectivity index (χ0) is 9.47. The second-order valence-electron chi connectivity index (χ2n) is 5.78. The summed E-state index contributed by atoms with van der Waals surface area (Å²) in [7, 11) is 0. The third-order valence-electron chi connectivity index (χ3n) is 3.19. The summed E-state index contributed by atoms with van der Waals surface area (Å²) >= 11 is 0. The summed E-state index contributed by atoms with van der Waals surface area (Å²) in [5, 5.41) is 3.52. The van der Waals surface area contributed by atoms with E-state index in [2.05, 4.69) is 31.0 Å². The van der Waals surface area contributed by atoms with Crippen LogP contribution in [0, 0.1) is 5.41 Å². The third kappa shape index (κ3) is 2.05. The van der Waals surface area contributed by atoms with Crippen molar-refractivity contribution in [1.29, 1.82) is 0 Å². The molecule has 2 atom stereocenters. The van der Waals surface area contributed by atoms with Crippen LogP contribution >= 0.6 is 0 Å². The minimum absolute atomic E-state index is 0.457. The minimum Gasteiger partial charge on any atom is -0.314 e. The second-order valence-corrected chi connectivity index (χ2v) is 5.78. The summed E-state index contributed by atoms with van der Waals surface area (Å²) < 4.78 is 0. The Hall–Kier alpha value is -0.0800. The maximum Gasteiger partial charge on any atom is 0.0224 e. The Kier molecular flexibility index (Phi) is 2.37. The predicted molar refractivity (Wildman–Crippen MR) is 55.8 cm³/mol. The Balaban J connectivity index is 1.99. The van der Waals surface area contributed by atoms with Gasteiger partial charge in [-0.1, -0.05) is 20.8 Å². The van der Waals surface area contributed by atoms with Crippen molar-refractivity contribution in [3.8, 4) is 0 Å². The molecule has 2 bridgehead atoms. The van der Waals surface area contributed by atoms with E-state index >= 15 is 0 Å². The Morgan fingerprint density at radius 3 is 2.15 bits per heavy atom. The maximum absolute atomic E-state index is 3.52. The van der Waals surface area contributed by atoms with Crippen molar-refractivity contribution < 1.29 is 0 Å². The molecule has 2 aliphatic rings. The molecule has 76 valence electrons. The number of nitrogens with one attached hydrogen (secondary N) is 1. The van der Waals surface area contributed by atoms with Gasteiger partial charge in [0.25, 0.3) is 0 Å². The van der Waals surface area contributed by atoms with E-state index in [-0.39, 0.29) is 0 Å². The first-order valence-electron chi connectivity index (χ1n) is 5.53. The Labute approximate surface area is 81.7 Å². The van der Waals surface area contributed by atoms with Gasteiger partial charge in [-0.2, -0.15) is 0 Å². The van der Waals surface area contributed by atoms with Gasteiger partial charge in [-0.05, 0) is 18.3 Å². The summed E-state index contributed by atoms with van der Waals surface area (Å²) in [4.78, 5) is 2.73. The van der Waals surface area contributed by atoms with Crippen LogP contribution in [-0.2, 0) is 0 Å². The Bertz CT molecular complexity index is 167. The molecule has 1 N–H and O–H groups in total. The summed E-state index contributed by atoms with van der Waals surface area (Å²) in [5.41, 5.74) is 0.457. The van der Waals surface area contributed by atoms with Crippen molar-refractivity contribution in [3.05, 3.63) is 0 Å².